The summed E-state index contributed by atoms with van der Waals surface area (Å²) in [4.78, 5) is 12.0. The van der Waals surface area contributed by atoms with Gasteiger partial charge in [0.05, 0.1) is 18.5 Å². The lowest BCUT2D eigenvalue weighted by atomic mass is 10.2. The first kappa shape index (κ1) is 14.8. The maximum atomic E-state index is 13.7. The summed E-state index contributed by atoms with van der Waals surface area (Å²) in [5.41, 5.74) is 6.98. The van der Waals surface area contributed by atoms with E-state index in [0.29, 0.717) is 11.4 Å². The normalized spacial score (nSPS) is 10.5. The molecule has 2 aromatic rings. The van der Waals surface area contributed by atoms with E-state index in [4.69, 9.17) is 15.2 Å². The Balaban J connectivity index is 2.11. The molecule has 2 N–H and O–H groups in total. The highest BCUT2D eigenvalue weighted by Crippen LogP contribution is 2.19. The molecule has 0 bridgehead atoms. The molecule has 0 aliphatic heterocycles. The van der Waals surface area contributed by atoms with Crippen molar-refractivity contribution in [3.63, 3.8) is 0 Å². The predicted molar refractivity (Wildman–Crippen MR) is 74.4 cm³/mol. The molecular weight excluding hydrogens is 277 g/mol. The monoisotopic (exact) mass is 293 g/mol. The molecule has 21 heavy (non-hydrogen) atoms. The quantitative estimate of drug-likeness (QED) is 0.870. The highest BCUT2D eigenvalue weighted by atomic mass is 19.1. The fourth-order valence-electron chi connectivity index (χ4n) is 1.90. The number of carbonyl (C=O) groups is 1. The van der Waals surface area contributed by atoms with Crippen molar-refractivity contribution in [1.82, 2.24) is 9.78 Å². The Labute approximate surface area is 121 Å². The van der Waals surface area contributed by atoms with Crippen LogP contribution in [-0.4, -0.2) is 22.9 Å². The number of aromatic nitrogens is 2. The number of hydrogen-bond acceptors (Lipinski definition) is 5. The fraction of sp³-hybridized carbons (Fsp3) is 0.286. The summed E-state index contributed by atoms with van der Waals surface area (Å²) in [6.07, 6.45) is 0. The number of aryl methyl sites for hydroxylation is 2. The molecule has 0 fully saturated rings. The van der Waals surface area contributed by atoms with Gasteiger partial charge in [-0.1, -0.05) is 0 Å². The molecule has 6 nitrogen and oxygen atoms in total. The second-order valence-electron chi connectivity index (χ2n) is 4.50. The molecule has 0 radical (unpaired) electrons. The molecule has 1 aromatic carbocycles. The van der Waals surface area contributed by atoms with Crippen LogP contribution in [0.1, 0.15) is 21.7 Å². The van der Waals surface area contributed by atoms with Crippen molar-refractivity contribution in [2.45, 2.75) is 13.5 Å². The number of nitrogens with two attached hydrogens (primary N) is 1. The Morgan fingerprint density at radius 3 is 2.71 bits per heavy atom. The van der Waals surface area contributed by atoms with Crippen LogP contribution in [0.15, 0.2) is 18.2 Å². The van der Waals surface area contributed by atoms with Gasteiger partial charge in [-0.15, -0.1) is 0 Å². The zero-order valence-electron chi connectivity index (χ0n) is 12.0. The van der Waals surface area contributed by atoms with E-state index in [0.717, 1.165) is 0 Å². The maximum Gasteiger partial charge on any atom is 0.359 e. The van der Waals surface area contributed by atoms with E-state index < -0.39 is 11.8 Å². The molecule has 2 rings (SSSR count). The molecule has 0 amide bonds. The maximum absolute atomic E-state index is 13.7. The molecule has 0 aliphatic rings. The van der Waals surface area contributed by atoms with Crippen LogP contribution >= 0.6 is 0 Å². The predicted octanol–water partition coefficient (Wildman–Crippen LogP) is 1.82. The second-order valence-corrected chi connectivity index (χ2v) is 4.50. The minimum absolute atomic E-state index is 0.154. The van der Waals surface area contributed by atoms with Gasteiger partial charge in [0.1, 0.15) is 18.2 Å². The lowest BCUT2D eigenvalue weighted by Crippen LogP contribution is -2.13. The summed E-state index contributed by atoms with van der Waals surface area (Å²) >= 11 is 0. The minimum Gasteiger partial charge on any atom is -0.497 e. The third kappa shape index (κ3) is 2.96. The van der Waals surface area contributed by atoms with Crippen LogP contribution in [-0.2, 0) is 18.4 Å². The lowest BCUT2D eigenvalue weighted by Gasteiger charge is -2.08. The van der Waals surface area contributed by atoms with Crippen molar-refractivity contribution in [1.29, 1.82) is 0 Å². The number of benzene rings is 1. The van der Waals surface area contributed by atoms with E-state index in [1.165, 1.54) is 23.9 Å². The molecular formula is C14H16FN3O3. The van der Waals surface area contributed by atoms with Gasteiger partial charge in [-0.25, -0.2) is 9.18 Å². The van der Waals surface area contributed by atoms with Gasteiger partial charge >= 0.3 is 5.97 Å². The van der Waals surface area contributed by atoms with Crippen molar-refractivity contribution in [3.8, 4) is 5.75 Å². The van der Waals surface area contributed by atoms with Gasteiger partial charge in [-0.2, -0.15) is 5.10 Å². The van der Waals surface area contributed by atoms with Gasteiger partial charge in [-0.3, -0.25) is 4.68 Å². The topological polar surface area (TPSA) is 79.4 Å². The van der Waals surface area contributed by atoms with Crippen molar-refractivity contribution >= 4 is 11.7 Å². The van der Waals surface area contributed by atoms with Gasteiger partial charge in [0.25, 0.3) is 0 Å². The smallest absolute Gasteiger partial charge is 0.359 e. The molecule has 0 spiro atoms. The van der Waals surface area contributed by atoms with Crippen LogP contribution in [0.3, 0.4) is 0 Å². The Kier molecular flexibility index (Phi) is 4.11. The number of ether oxygens (including phenoxy) is 2. The second kappa shape index (κ2) is 5.82. The van der Waals surface area contributed by atoms with Crippen LogP contribution in [0.2, 0.25) is 0 Å². The number of nitrogens with zero attached hydrogens (tertiary/aromatic N) is 2. The van der Waals surface area contributed by atoms with Gasteiger partial charge in [0.2, 0.25) is 0 Å². The average Bonchev–Trinajstić information content (AvgIpc) is 2.70. The van der Waals surface area contributed by atoms with Gasteiger partial charge in [-0.05, 0) is 19.1 Å². The summed E-state index contributed by atoms with van der Waals surface area (Å²) in [7, 11) is 3.04. The third-order valence-corrected chi connectivity index (χ3v) is 3.08. The summed E-state index contributed by atoms with van der Waals surface area (Å²) in [5, 5.41) is 4.03. The lowest BCUT2D eigenvalue weighted by molar-refractivity contribution is 0.0457. The standard InChI is InChI=1S/C14H16FN3O3/c1-8-12(16)13(18(2)17-8)14(19)21-7-9-4-5-10(20-3)6-11(9)15/h4-6H,7,16H2,1-3H3. The van der Waals surface area contributed by atoms with Crippen LogP contribution in [0.5, 0.6) is 5.75 Å². The average molecular weight is 293 g/mol. The number of halogens is 1. The summed E-state index contributed by atoms with van der Waals surface area (Å²) in [6, 6.07) is 4.32. The summed E-state index contributed by atoms with van der Waals surface area (Å²) in [5.74, 6) is -0.754. The Hall–Kier alpha value is -2.57. The first-order valence-electron chi connectivity index (χ1n) is 6.22. The van der Waals surface area contributed by atoms with Gasteiger partial charge < -0.3 is 15.2 Å². The van der Waals surface area contributed by atoms with Crippen molar-refractivity contribution in [2.75, 3.05) is 12.8 Å². The fourth-order valence-corrected chi connectivity index (χ4v) is 1.90. The Morgan fingerprint density at radius 2 is 2.19 bits per heavy atom. The van der Waals surface area contributed by atoms with Gasteiger partial charge in [0.15, 0.2) is 5.69 Å². The Morgan fingerprint density at radius 1 is 1.48 bits per heavy atom. The summed E-state index contributed by atoms with van der Waals surface area (Å²) < 4.78 is 25.1. The third-order valence-electron chi connectivity index (χ3n) is 3.08. The van der Waals surface area contributed by atoms with E-state index in [-0.39, 0.29) is 23.6 Å². The molecule has 1 heterocycles. The summed E-state index contributed by atoms with van der Waals surface area (Å²) in [6.45, 7) is 1.49. The van der Waals surface area contributed by atoms with Crippen molar-refractivity contribution in [2.24, 2.45) is 7.05 Å². The van der Waals surface area contributed by atoms with E-state index in [9.17, 15) is 9.18 Å². The minimum atomic E-state index is -0.647. The van der Waals surface area contributed by atoms with Crippen molar-refractivity contribution in [3.05, 3.63) is 41.0 Å². The van der Waals surface area contributed by atoms with E-state index in [2.05, 4.69) is 5.10 Å². The number of nitrogen functional groups attached to an aromatic ring is 1. The molecule has 0 unspecified atom stereocenters. The van der Waals surface area contributed by atoms with E-state index in [1.54, 1.807) is 20.0 Å². The molecule has 0 saturated heterocycles. The van der Waals surface area contributed by atoms with E-state index >= 15 is 0 Å². The van der Waals surface area contributed by atoms with Crippen LogP contribution in [0, 0.1) is 12.7 Å². The Bertz CT molecular complexity index is 682. The number of carbonyl (C=O) groups excluding carboxylic acids is 1. The molecule has 7 heteroatoms. The molecule has 0 saturated carbocycles. The van der Waals surface area contributed by atoms with Crippen molar-refractivity contribution < 1.29 is 18.7 Å². The molecule has 1 aromatic heterocycles. The number of methoxy groups -OCH3 is 1. The molecule has 112 valence electrons. The van der Waals surface area contributed by atoms with E-state index in [1.807, 2.05) is 0 Å². The zero-order valence-corrected chi connectivity index (χ0v) is 12.0. The SMILES string of the molecule is COc1ccc(COC(=O)c2c(N)c(C)nn2C)c(F)c1. The number of esters is 1. The highest BCUT2D eigenvalue weighted by molar-refractivity contribution is 5.93. The van der Waals surface area contributed by atoms with Crippen LogP contribution in [0.4, 0.5) is 10.1 Å². The van der Waals surface area contributed by atoms with Crippen LogP contribution < -0.4 is 10.5 Å². The molecule has 0 aliphatic carbocycles. The first-order valence-corrected chi connectivity index (χ1v) is 6.22. The zero-order chi connectivity index (χ0) is 15.6. The van der Waals surface area contributed by atoms with Gasteiger partial charge in [0, 0.05) is 18.7 Å². The number of anilines is 1. The van der Waals surface area contributed by atoms with Crippen LogP contribution in [0.25, 0.3) is 0 Å². The molecule has 0 atom stereocenters. The largest absolute Gasteiger partial charge is 0.497 e. The first-order chi connectivity index (χ1) is 9.93. The number of hydrogen-bond donors (Lipinski definition) is 1. The highest BCUT2D eigenvalue weighted by Gasteiger charge is 2.19. The number of rotatable bonds is 4.